The topological polar surface area (TPSA) is 53.9 Å². The number of rotatable bonds is 6. The van der Waals surface area contributed by atoms with E-state index in [-0.39, 0.29) is 0 Å². The average Bonchev–Trinajstić information content (AvgIpc) is 3.07. The molecule has 0 amide bonds. The monoisotopic (exact) mass is 297 g/mol. The van der Waals surface area contributed by atoms with Gasteiger partial charge in [0.15, 0.2) is 5.82 Å². The Bertz CT molecular complexity index is 581. The maximum Gasteiger partial charge on any atom is 0.244 e. The zero-order chi connectivity index (χ0) is 15.2. The van der Waals surface area contributed by atoms with Crippen LogP contribution in [0.5, 0.6) is 0 Å². The molecule has 1 aromatic heterocycles. The summed E-state index contributed by atoms with van der Waals surface area (Å²) in [5, 5.41) is 11.7. The Labute approximate surface area is 131 Å². The highest BCUT2D eigenvalue weighted by Crippen LogP contribution is 2.21. The van der Waals surface area contributed by atoms with Crippen LogP contribution in [-0.4, -0.2) is 27.8 Å². The smallest absolute Gasteiger partial charge is 0.244 e. The van der Waals surface area contributed by atoms with Gasteiger partial charge >= 0.3 is 0 Å². The van der Waals surface area contributed by atoms with Crippen molar-refractivity contribution in [3.8, 4) is 0 Å². The molecule has 1 aliphatic rings. The highest BCUT2D eigenvalue weighted by atomic mass is 15.3. The molecule has 22 heavy (non-hydrogen) atoms. The number of anilines is 2. The van der Waals surface area contributed by atoms with Crippen LogP contribution in [-0.2, 0) is 6.54 Å². The van der Waals surface area contributed by atoms with E-state index in [1.54, 1.807) is 6.20 Å². The van der Waals surface area contributed by atoms with Gasteiger partial charge in [-0.3, -0.25) is 0 Å². The molecule has 0 atom stereocenters. The second-order valence-corrected chi connectivity index (χ2v) is 5.76. The Morgan fingerprint density at radius 1 is 1.18 bits per heavy atom. The van der Waals surface area contributed by atoms with Crippen LogP contribution in [0.2, 0.25) is 0 Å². The molecule has 0 radical (unpaired) electrons. The molecule has 5 nitrogen and oxygen atoms in total. The van der Waals surface area contributed by atoms with Gasteiger partial charge in [0.25, 0.3) is 0 Å². The highest BCUT2D eigenvalue weighted by Gasteiger charge is 2.16. The normalized spacial score (nSPS) is 15.0. The van der Waals surface area contributed by atoms with Crippen molar-refractivity contribution in [2.45, 2.75) is 45.2 Å². The van der Waals surface area contributed by atoms with Gasteiger partial charge in [-0.2, -0.15) is 10.1 Å². The first-order valence-electron chi connectivity index (χ1n) is 8.10. The maximum absolute atomic E-state index is 4.64. The van der Waals surface area contributed by atoms with E-state index in [2.05, 4.69) is 56.6 Å². The van der Waals surface area contributed by atoms with E-state index in [4.69, 9.17) is 0 Å². The lowest BCUT2D eigenvalue weighted by Crippen LogP contribution is -2.25. The van der Waals surface area contributed by atoms with Gasteiger partial charge < -0.3 is 10.2 Å². The van der Waals surface area contributed by atoms with E-state index >= 15 is 0 Å². The van der Waals surface area contributed by atoms with Gasteiger partial charge in [0.1, 0.15) is 0 Å². The Balaban J connectivity index is 1.71. The quantitative estimate of drug-likeness (QED) is 0.887. The fourth-order valence-electron chi connectivity index (χ4n) is 2.92. The minimum atomic E-state index is 0.501. The largest absolute Gasteiger partial charge is 0.351 e. The summed E-state index contributed by atoms with van der Waals surface area (Å²) in [6.07, 6.45) is 6.73. The fourth-order valence-corrected chi connectivity index (χ4v) is 2.92. The van der Waals surface area contributed by atoms with E-state index in [1.165, 1.54) is 31.2 Å². The van der Waals surface area contributed by atoms with Crippen LogP contribution in [0, 0.1) is 0 Å². The molecule has 1 aliphatic carbocycles. The molecule has 1 heterocycles. The third-order valence-electron chi connectivity index (χ3n) is 4.16. The number of hydrogen-bond donors (Lipinski definition) is 1. The fraction of sp³-hybridized carbons (Fsp3) is 0.471. The first-order chi connectivity index (χ1) is 10.8. The molecule has 1 aromatic carbocycles. The summed E-state index contributed by atoms with van der Waals surface area (Å²) in [6, 6.07) is 10.9. The molecular weight excluding hydrogens is 274 g/mol. The van der Waals surface area contributed by atoms with E-state index in [0.29, 0.717) is 12.0 Å². The Kier molecular flexibility index (Phi) is 4.83. The van der Waals surface area contributed by atoms with Gasteiger partial charge in [0.05, 0.1) is 6.20 Å². The van der Waals surface area contributed by atoms with Crippen LogP contribution in [0.4, 0.5) is 11.8 Å². The van der Waals surface area contributed by atoms with Crippen molar-refractivity contribution in [1.29, 1.82) is 0 Å². The third-order valence-corrected chi connectivity index (χ3v) is 4.16. The molecule has 3 rings (SSSR count). The Morgan fingerprint density at radius 3 is 2.68 bits per heavy atom. The van der Waals surface area contributed by atoms with Crippen molar-refractivity contribution in [1.82, 2.24) is 15.2 Å². The van der Waals surface area contributed by atoms with Crippen molar-refractivity contribution in [3.05, 3.63) is 42.1 Å². The van der Waals surface area contributed by atoms with Crippen LogP contribution in [0.25, 0.3) is 0 Å². The average molecular weight is 297 g/mol. The Morgan fingerprint density at radius 2 is 1.95 bits per heavy atom. The minimum Gasteiger partial charge on any atom is -0.351 e. The van der Waals surface area contributed by atoms with Crippen molar-refractivity contribution in [2.24, 2.45) is 0 Å². The molecule has 2 aromatic rings. The van der Waals surface area contributed by atoms with Crippen LogP contribution in [0.3, 0.4) is 0 Å². The van der Waals surface area contributed by atoms with Gasteiger partial charge in [-0.1, -0.05) is 43.2 Å². The predicted octanol–water partition coefficient (Wildman–Crippen LogP) is 3.25. The molecular formula is C17H23N5. The van der Waals surface area contributed by atoms with E-state index in [1.807, 2.05) is 6.07 Å². The molecule has 0 bridgehead atoms. The molecule has 1 saturated carbocycles. The number of hydrogen-bond acceptors (Lipinski definition) is 5. The van der Waals surface area contributed by atoms with E-state index < -0.39 is 0 Å². The summed E-state index contributed by atoms with van der Waals surface area (Å²) in [7, 11) is 0. The van der Waals surface area contributed by atoms with Gasteiger partial charge in [-0.15, -0.1) is 5.10 Å². The molecule has 1 N–H and O–H groups in total. The third kappa shape index (κ3) is 3.72. The minimum absolute atomic E-state index is 0.501. The summed E-state index contributed by atoms with van der Waals surface area (Å²) in [6.45, 7) is 3.85. The molecule has 116 valence electrons. The first-order valence-corrected chi connectivity index (χ1v) is 8.10. The summed E-state index contributed by atoms with van der Waals surface area (Å²) in [4.78, 5) is 6.86. The van der Waals surface area contributed by atoms with Gasteiger partial charge in [-0.25, -0.2) is 0 Å². The number of benzene rings is 1. The van der Waals surface area contributed by atoms with Crippen molar-refractivity contribution < 1.29 is 0 Å². The van der Waals surface area contributed by atoms with Crippen molar-refractivity contribution in [2.75, 3.05) is 16.8 Å². The van der Waals surface area contributed by atoms with Crippen molar-refractivity contribution in [3.63, 3.8) is 0 Å². The van der Waals surface area contributed by atoms with Gasteiger partial charge in [-0.05, 0) is 25.3 Å². The summed E-state index contributed by atoms with van der Waals surface area (Å²) < 4.78 is 0. The lowest BCUT2D eigenvalue weighted by Gasteiger charge is -2.22. The maximum atomic E-state index is 4.64. The standard InChI is InChI=1S/C17H23N5/c1-2-22(13-14-8-4-3-5-9-14)16-12-18-21-17(20-16)19-15-10-6-7-11-15/h3-5,8-9,12,15H,2,6-7,10-11,13H2,1H3,(H,19,20,21). The first kappa shape index (κ1) is 14.8. The molecule has 1 fully saturated rings. The van der Waals surface area contributed by atoms with Gasteiger partial charge in [0.2, 0.25) is 5.95 Å². The summed E-state index contributed by atoms with van der Waals surface area (Å²) in [5.41, 5.74) is 1.27. The predicted molar refractivity (Wildman–Crippen MR) is 88.9 cm³/mol. The summed E-state index contributed by atoms with van der Waals surface area (Å²) >= 11 is 0. The molecule has 0 aliphatic heterocycles. The second kappa shape index (κ2) is 7.20. The zero-order valence-corrected chi connectivity index (χ0v) is 13.1. The van der Waals surface area contributed by atoms with Crippen LogP contribution in [0.1, 0.15) is 38.2 Å². The second-order valence-electron chi connectivity index (χ2n) is 5.76. The van der Waals surface area contributed by atoms with Crippen LogP contribution in [0.15, 0.2) is 36.5 Å². The molecule has 5 heteroatoms. The number of nitrogens with one attached hydrogen (secondary N) is 1. The van der Waals surface area contributed by atoms with E-state index in [0.717, 1.165) is 18.9 Å². The molecule has 0 saturated heterocycles. The molecule has 0 spiro atoms. The highest BCUT2D eigenvalue weighted by molar-refractivity contribution is 5.41. The van der Waals surface area contributed by atoms with Crippen molar-refractivity contribution >= 4 is 11.8 Å². The molecule has 0 unspecified atom stereocenters. The number of aromatic nitrogens is 3. The zero-order valence-electron chi connectivity index (χ0n) is 13.1. The number of nitrogens with zero attached hydrogens (tertiary/aromatic N) is 4. The van der Waals surface area contributed by atoms with Crippen LogP contribution >= 0.6 is 0 Å². The lowest BCUT2D eigenvalue weighted by molar-refractivity contribution is 0.731. The Hall–Kier alpha value is -2.17. The van der Waals surface area contributed by atoms with Crippen LogP contribution < -0.4 is 10.2 Å². The summed E-state index contributed by atoms with van der Waals surface area (Å²) in [5.74, 6) is 1.53. The SMILES string of the molecule is CCN(Cc1ccccc1)c1cnnc(NC2CCCC2)n1. The lowest BCUT2D eigenvalue weighted by atomic mass is 10.2. The van der Waals surface area contributed by atoms with E-state index in [9.17, 15) is 0 Å². The van der Waals surface area contributed by atoms with Gasteiger partial charge in [0, 0.05) is 19.1 Å².